The van der Waals surface area contributed by atoms with Crippen molar-refractivity contribution in [1.82, 2.24) is 10.3 Å². The van der Waals surface area contributed by atoms with Crippen molar-refractivity contribution in [1.29, 1.82) is 0 Å². The number of carbonyl (C=O) groups is 2. The van der Waals surface area contributed by atoms with Crippen LogP contribution in [0.5, 0.6) is 0 Å². The largest absolute Gasteiger partial charge is 0.480 e. The van der Waals surface area contributed by atoms with E-state index in [-0.39, 0.29) is 18.2 Å². The number of amides is 1. The molecule has 0 saturated heterocycles. The molecular formula is C16H15ClN2O3S. The molecule has 1 fully saturated rings. The standard InChI is InChI=1S/C16H15ClN2O3S/c17-12-4-2-1-3-11(12)15-18-10(8-23-15)7-13(20)19-14(16(21)22)9-5-6-9/h1-4,8-9,14H,5-7H2,(H,19,20)(H,21,22). The minimum atomic E-state index is -0.976. The minimum Gasteiger partial charge on any atom is -0.480 e. The van der Waals surface area contributed by atoms with E-state index < -0.39 is 12.0 Å². The number of hydrogen-bond acceptors (Lipinski definition) is 4. The highest BCUT2D eigenvalue weighted by atomic mass is 35.5. The lowest BCUT2D eigenvalue weighted by atomic mass is 10.2. The number of carboxylic acid groups (broad SMARTS) is 1. The summed E-state index contributed by atoms with van der Waals surface area (Å²) in [5, 5.41) is 14.9. The van der Waals surface area contributed by atoms with Crippen molar-refractivity contribution in [2.75, 3.05) is 0 Å². The lowest BCUT2D eigenvalue weighted by Crippen LogP contribution is -2.43. The highest BCUT2D eigenvalue weighted by Crippen LogP contribution is 2.33. The van der Waals surface area contributed by atoms with Crippen molar-refractivity contribution in [3.8, 4) is 10.6 Å². The lowest BCUT2D eigenvalue weighted by molar-refractivity contribution is -0.142. The Bertz CT molecular complexity index is 742. The van der Waals surface area contributed by atoms with Gasteiger partial charge in [0.05, 0.1) is 17.1 Å². The van der Waals surface area contributed by atoms with Gasteiger partial charge in [-0.05, 0) is 24.8 Å². The monoisotopic (exact) mass is 350 g/mol. The second kappa shape index (κ2) is 6.68. The summed E-state index contributed by atoms with van der Waals surface area (Å²) in [5.41, 5.74) is 1.44. The Labute approximate surface area is 142 Å². The number of halogens is 1. The second-order valence-corrected chi connectivity index (χ2v) is 6.79. The van der Waals surface area contributed by atoms with Gasteiger partial charge in [0.15, 0.2) is 0 Å². The van der Waals surface area contributed by atoms with Gasteiger partial charge in [0.2, 0.25) is 5.91 Å². The number of benzene rings is 1. The van der Waals surface area contributed by atoms with Gasteiger partial charge < -0.3 is 10.4 Å². The topological polar surface area (TPSA) is 79.3 Å². The van der Waals surface area contributed by atoms with Gasteiger partial charge in [0.25, 0.3) is 0 Å². The summed E-state index contributed by atoms with van der Waals surface area (Å²) in [5.74, 6) is -1.23. The number of thiazole rings is 1. The maximum Gasteiger partial charge on any atom is 0.326 e. The second-order valence-electron chi connectivity index (χ2n) is 5.52. The fourth-order valence-corrected chi connectivity index (χ4v) is 3.49. The SMILES string of the molecule is O=C(Cc1csc(-c2ccccc2Cl)n1)NC(C(=O)O)C1CC1. The first-order chi connectivity index (χ1) is 11.0. The molecule has 1 heterocycles. The minimum absolute atomic E-state index is 0.0607. The third kappa shape index (κ3) is 3.89. The van der Waals surface area contributed by atoms with E-state index in [1.807, 2.05) is 18.2 Å². The predicted molar refractivity (Wildman–Crippen MR) is 88.6 cm³/mol. The summed E-state index contributed by atoms with van der Waals surface area (Å²) in [6.07, 6.45) is 1.77. The highest BCUT2D eigenvalue weighted by Gasteiger charge is 2.37. The third-order valence-electron chi connectivity index (χ3n) is 3.67. The third-order valence-corrected chi connectivity index (χ3v) is 4.93. The van der Waals surface area contributed by atoms with Crippen LogP contribution in [0.25, 0.3) is 10.6 Å². The smallest absolute Gasteiger partial charge is 0.326 e. The Morgan fingerprint density at radius 3 is 2.78 bits per heavy atom. The van der Waals surface area contributed by atoms with E-state index in [0.717, 1.165) is 23.4 Å². The van der Waals surface area contributed by atoms with Crippen molar-refractivity contribution >= 4 is 34.8 Å². The molecule has 3 rings (SSSR count). The van der Waals surface area contributed by atoms with Crippen LogP contribution in [0.2, 0.25) is 5.02 Å². The summed E-state index contributed by atoms with van der Waals surface area (Å²) >= 11 is 7.55. The first kappa shape index (κ1) is 16.0. The van der Waals surface area contributed by atoms with Crippen LogP contribution in [0.15, 0.2) is 29.6 Å². The van der Waals surface area contributed by atoms with Crippen LogP contribution >= 0.6 is 22.9 Å². The van der Waals surface area contributed by atoms with Gasteiger partial charge in [-0.15, -0.1) is 11.3 Å². The van der Waals surface area contributed by atoms with Crippen molar-refractivity contribution in [3.05, 3.63) is 40.4 Å². The fourth-order valence-electron chi connectivity index (χ4n) is 2.35. The van der Waals surface area contributed by atoms with Crippen molar-refractivity contribution in [2.24, 2.45) is 5.92 Å². The molecule has 7 heteroatoms. The van der Waals surface area contributed by atoms with Gasteiger partial charge in [0.1, 0.15) is 11.0 Å². The molecule has 1 amide bonds. The molecule has 5 nitrogen and oxygen atoms in total. The van der Waals surface area contributed by atoms with Crippen molar-refractivity contribution < 1.29 is 14.7 Å². The van der Waals surface area contributed by atoms with Crippen LogP contribution in [0.1, 0.15) is 18.5 Å². The van der Waals surface area contributed by atoms with Gasteiger partial charge in [0, 0.05) is 10.9 Å². The van der Waals surface area contributed by atoms with Gasteiger partial charge >= 0.3 is 5.97 Å². The summed E-state index contributed by atoms with van der Waals surface area (Å²) in [4.78, 5) is 27.6. The fraction of sp³-hybridized carbons (Fsp3) is 0.312. The molecule has 0 aliphatic heterocycles. The van der Waals surface area contributed by atoms with Crippen LogP contribution < -0.4 is 5.32 Å². The molecule has 120 valence electrons. The average molecular weight is 351 g/mol. The quantitative estimate of drug-likeness (QED) is 0.839. The van der Waals surface area contributed by atoms with Crippen LogP contribution in [-0.2, 0) is 16.0 Å². The molecule has 0 bridgehead atoms. The van der Waals surface area contributed by atoms with Crippen molar-refractivity contribution in [2.45, 2.75) is 25.3 Å². The van der Waals surface area contributed by atoms with Crippen LogP contribution in [0.3, 0.4) is 0 Å². The maximum absolute atomic E-state index is 12.0. The van der Waals surface area contributed by atoms with Gasteiger partial charge in [-0.3, -0.25) is 4.79 Å². The van der Waals surface area contributed by atoms with Gasteiger partial charge in [-0.25, -0.2) is 9.78 Å². The molecule has 1 aromatic heterocycles. The van der Waals surface area contributed by atoms with E-state index in [4.69, 9.17) is 16.7 Å². The number of rotatable bonds is 6. The Balaban J connectivity index is 1.66. The summed E-state index contributed by atoms with van der Waals surface area (Å²) in [7, 11) is 0. The Morgan fingerprint density at radius 2 is 2.13 bits per heavy atom. The molecule has 2 aromatic rings. The van der Waals surface area contributed by atoms with Crippen LogP contribution in [0, 0.1) is 5.92 Å². The Kier molecular flexibility index (Phi) is 4.63. The van der Waals surface area contributed by atoms with Gasteiger partial charge in [-0.1, -0.05) is 29.8 Å². The number of carbonyl (C=O) groups excluding carboxylic acids is 1. The number of nitrogens with one attached hydrogen (secondary N) is 1. The number of aromatic nitrogens is 1. The average Bonchev–Trinajstić information content (AvgIpc) is 3.25. The van der Waals surface area contributed by atoms with Crippen LogP contribution in [-0.4, -0.2) is 28.0 Å². The summed E-state index contributed by atoms with van der Waals surface area (Å²) in [6, 6.07) is 6.60. The zero-order chi connectivity index (χ0) is 16.4. The van der Waals surface area contributed by atoms with E-state index in [2.05, 4.69) is 10.3 Å². The molecule has 2 N–H and O–H groups in total. The van der Waals surface area contributed by atoms with Crippen molar-refractivity contribution in [3.63, 3.8) is 0 Å². The summed E-state index contributed by atoms with van der Waals surface area (Å²) in [6.45, 7) is 0. The Morgan fingerprint density at radius 1 is 1.39 bits per heavy atom. The number of aliphatic carboxylic acids is 1. The molecule has 1 atom stereocenters. The number of hydrogen-bond donors (Lipinski definition) is 2. The molecule has 1 unspecified atom stereocenters. The molecule has 1 aliphatic rings. The predicted octanol–water partition coefficient (Wildman–Crippen LogP) is 2.99. The molecular weight excluding hydrogens is 336 g/mol. The normalized spacial score (nSPS) is 15.2. The van der Waals surface area contributed by atoms with Crippen LogP contribution in [0.4, 0.5) is 0 Å². The van der Waals surface area contributed by atoms with Gasteiger partial charge in [-0.2, -0.15) is 0 Å². The van der Waals surface area contributed by atoms with E-state index >= 15 is 0 Å². The molecule has 0 spiro atoms. The maximum atomic E-state index is 12.0. The first-order valence-corrected chi connectivity index (χ1v) is 8.52. The molecule has 0 radical (unpaired) electrons. The Hall–Kier alpha value is -1.92. The summed E-state index contributed by atoms with van der Waals surface area (Å²) < 4.78 is 0. The lowest BCUT2D eigenvalue weighted by Gasteiger charge is -2.12. The van der Waals surface area contributed by atoms with E-state index in [1.165, 1.54) is 11.3 Å². The molecule has 23 heavy (non-hydrogen) atoms. The highest BCUT2D eigenvalue weighted by molar-refractivity contribution is 7.13. The molecule has 1 aromatic carbocycles. The van der Waals surface area contributed by atoms with E-state index in [9.17, 15) is 9.59 Å². The van der Waals surface area contributed by atoms with E-state index in [1.54, 1.807) is 11.4 Å². The molecule has 1 saturated carbocycles. The zero-order valence-corrected chi connectivity index (χ0v) is 13.7. The molecule has 1 aliphatic carbocycles. The van der Waals surface area contributed by atoms with E-state index in [0.29, 0.717) is 10.7 Å². The number of nitrogens with zero attached hydrogens (tertiary/aromatic N) is 1. The number of carboxylic acids is 1. The first-order valence-electron chi connectivity index (χ1n) is 7.26. The zero-order valence-electron chi connectivity index (χ0n) is 12.2.